The monoisotopic (exact) mass is 202 g/mol. The molecule has 1 rings (SSSR count). The highest BCUT2D eigenvalue weighted by Crippen LogP contribution is 2.44. The highest BCUT2D eigenvalue weighted by Gasteiger charge is 2.35. The van der Waals surface area contributed by atoms with Crippen molar-refractivity contribution in [3.8, 4) is 0 Å². The summed E-state index contributed by atoms with van der Waals surface area (Å²) < 4.78 is 0. The molecule has 13 heavy (non-hydrogen) atoms. The molecule has 0 heterocycles. The first-order chi connectivity index (χ1) is 5.93. The number of hydrogen-bond donors (Lipinski definition) is 0. The van der Waals surface area contributed by atoms with E-state index < -0.39 is 0 Å². The van der Waals surface area contributed by atoms with Crippen LogP contribution in [0.2, 0.25) is 0 Å². The summed E-state index contributed by atoms with van der Waals surface area (Å²) >= 11 is 6.26. The number of halogens is 1. The molecule has 0 N–H and O–H groups in total. The molecular formula is C12H23Cl. The van der Waals surface area contributed by atoms with Crippen LogP contribution in [0.1, 0.15) is 53.4 Å². The minimum Gasteiger partial charge on any atom is -0.123 e. The summed E-state index contributed by atoms with van der Waals surface area (Å²) in [5, 5.41) is 0.351. The van der Waals surface area contributed by atoms with Gasteiger partial charge >= 0.3 is 0 Å². The van der Waals surface area contributed by atoms with Crippen LogP contribution in [-0.4, -0.2) is 5.38 Å². The van der Waals surface area contributed by atoms with Crippen LogP contribution in [0.5, 0.6) is 0 Å². The fraction of sp³-hybridized carbons (Fsp3) is 1.00. The Kier molecular flexibility index (Phi) is 3.68. The summed E-state index contributed by atoms with van der Waals surface area (Å²) in [5.74, 6) is 1.57. The van der Waals surface area contributed by atoms with E-state index in [0.29, 0.717) is 10.8 Å². The van der Waals surface area contributed by atoms with E-state index in [1.54, 1.807) is 0 Å². The molecule has 3 unspecified atom stereocenters. The van der Waals surface area contributed by atoms with Crippen molar-refractivity contribution in [2.75, 3.05) is 0 Å². The van der Waals surface area contributed by atoms with Crippen LogP contribution >= 0.6 is 11.6 Å². The summed E-state index contributed by atoms with van der Waals surface area (Å²) in [5.41, 5.74) is 0.439. The molecule has 0 saturated heterocycles. The van der Waals surface area contributed by atoms with E-state index in [1.165, 1.54) is 25.7 Å². The standard InChI is InChI=1S/C12H23Cl/c1-9(13)10-7-5-6-8-11(10)12(2,3)4/h9-11H,5-8H2,1-4H3. The number of alkyl halides is 1. The predicted octanol–water partition coefficient (Wildman–Crippen LogP) is 4.47. The number of hydrogen-bond acceptors (Lipinski definition) is 0. The first kappa shape index (κ1) is 11.4. The Morgan fingerprint density at radius 3 is 2.08 bits per heavy atom. The second-order valence-corrected chi connectivity index (χ2v) is 6.29. The van der Waals surface area contributed by atoms with Gasteiger partial charge in [0, 0.05) is 5.38 Å². The van der Waals surface area contributed by atoms with Gasteiger partial charge in [0.25, 0.3) is 0 Å². The van der Waals surface area contributed by atoms with E-state index in [9.17, 15) is 0 Å². The second kappa shape index (κ2) is 4.21. The van der Waals surface area contributed by atoms with Crippen molar-refractivity contribution in [2.45, 2.75) is 58.8 Å². The minimum atomic E-state index is 0.351. The van der Waals surface area contributed by atoms with Gasteiger partial charge in [-0.1, -0.05) is 33.6 Å². The lowest BCUT2D eigenvalue weighted by Gasteiger charge is -2.41. The maximum atomic E-state index is 6.26. The summed E-state index contributed by atoms with van der Waals surface area (Å²) in [6.45, 7) is 9.23. The molecule has 0 spiro atoms. The molecule has 0 aromatic carbocycles. The highest BCUT2D eigenvalue weighted by atomic mass is 35.5. The van der Waals surface area contributed by atoms with Gasteiger partial charge in [-0.15, -0.1) is 11.6 Å². The van der Waals surface area contributed by atoms with Crippen LogP contribution in [0.25, 0.3) is 0 Å². The van der Waals surface area contributed by atoms with Crippen molar-refractivity contribution in [3.05, 3.63) is 0 Å². The Hall–Kier alpha value is 0.290. The Balaban J connectivity index is 2.67. The van der Waals surface area contributed by atoms with Gasteiger partial charge in [0.15, 0.2) is 0 Å². The van der Waals surface area contributed by atoms with E-state index >= 15 is 0 Å². The zero-order valence-electron chi connectivity index (χ0n) is 9.44. The summed E-state index contributed by atoms with van der Waals surface area (Å²) in [6.07, 6.45) is 5.51. The summed E-state index contributed by atoms with van der Waals surface area (Å²) in [7, 11) is 0. The normalized spacial score (nSPS) is 33.0. The van der Waals surface area contributed by atoms with Gasteiger partial charge in [0.2, 0.25) is 0 Å². The molecule has 0 aromatic rings. The van der Waals surface area contributed by atoms with Crippen LogP contribution in [0, 0.1) is 17.3 Å². The molecule has 0 bridgehead atoms. The lowest BCUT2D eigenvalue weighted by Crippen LogP contribution is -2.34. The molecule has 1 aliphatic carbocycles. The molecule has 3 atom stereocenters. The molecule has 0 aromatic heterocycles. The van der Waals surface area contributed by atoms with Crippen LogP contribution < -0.4 is 0 Å². The van der Waals surface area contributed by atoms with Crippen LogP contribution in [0.15, 0.2) is 0 Å². The van der Waals surface area contributed by atoms with E-state index in [0.717, 1.165) is 11.8 Å². The van der Waals surface area contributed by atoms with Gasteiger partial charge in [-0.05, 0) is 37.0 Å². The molecular weight excluding hydrogens is 180 g/mol. The predicted molar refractivity (Wildman–Crippen MR) is 60.2 cm³/mol. The molecule has 1 aliphatic rings. The molecule has 78 valence electrons. The topological polar surface area (TPSA) is 0 Å². The third-order valence-corrected chi connectivity index (χ3v) is 3.85. The largest absolute Gasteiger partial charge is 0.123 e. The van der Waals surface area contributed by atoms with Crippen molar-refractivity contribution in [2.24, 2.45) is 17.3 Å². The van der Waals surface area contributed by atoms with Gasteiger partial charge in [0.1, 0.15) is 0 Å². The maximum Gasteiger partial charge on any atom is 0.0338 e. The summed E-state index contributed by atoms with van der Waals surface area (Å²) in [6, 6.07) is 0. The molecule has 1 heteroatoms. The Labute approximate surface area is 88.1 Å². The lowest BCUT2D eigenvalue weighted by molar-refractivity contribution is 0.107. The number of rotatable bonds is 1. The molecule has 1 fully saturated rings. The molecule has 0 aliphatic heterocycles. The SMILES string of the molecule is CC(Cl)C1CCCCC1C(C)(C)C. The van der Waals surface area contributed by atoms with E-state index in [2.05, 4.69) is 27.7 Å². The van der Waals surface area contributed by atoms with Crippen molar-refractivity contribution >= 4 is 11.6 Å². The smallest absolute Gasteiger partial charge is 0.0338 e. The van der Waals surface area contributed by atoms with Gasteiger partial charge < -0.3 is 0 Å². The fourth-order valence-corrected chi connectivity index (χ4v) is 3.09. The van der Waals surface area contributed by atoms with E-state index in [1.807, 2.05) is 0 Å². The van der Waals surface area contributed by atoms with Crippen LogP contribution in [0.3, 0.4) is 0 Å². The van der Waals surface area contributed by atoms with Gasteiger partial charge in [-0.25, -0.2) is 0 Å². The van der Waals surface area contributed by atoms with Crippen molar-refractivity contribution in [1.82, 2.24) is 0 Å². The molecule has 1 saturated carbocycles. The first-order valence-electron chi connectivity index (χ1n) is 5.57. The second-order valence-electron chi connectivity index (χ2n) is 5.60. The van der Waals surface area contributed by atoms with Gasteiger partial charge in [-0.2, -0.15) is 0 Å². The summed E-state index contributed by atoms with van der Waals surface area (Å²) in [4.78, 5) is 0. The third kappa shape index (κ3) is 2.87. The van der Waals surface area contributed by atoms with Crippen molar-refractivity contribution in [1.29, 1.82) is 0 Å². The minimum absolute atomic E-state index is 0.351. The lowest BCUT2D eigenvalue weighted by atomic mass is 9.65. The Morgan fingerprint density at radius 1 is 1.15 bits per heavy atom. The van der Waals surface area contributed by atoms with E-state index in [4.69, 9.17) is 11.6 Å². The molecule has 0 amide bonds. The average Bonchev–Trinajstić information content (AvgIpc) is 2.03. The zero-order valence-corrected chi connectivity index (χ0v) is 10.2. The quantitative estimate of drug-likeness (QED) is 0.551. The van der Waals surface area contributed by atoms with Gasteiger partial charge in [0.05, 0.1) is 0 Å². The van der Waals surface area contributed by atoms with Crippen LogP contribution in [0.4, 0.5) is 0 Å². The van der Waals surface area contributed by atoms with E-state index in [-0.39, 0.29) is 0 Å². The maximum absolute atomic E-state index is 6.26. The molecule has 0 nitrogen and oxygen atoms in total. The fourth-order valence-electron chi connectivity index (χ4n) is 2.78. The van der Waals surface area contributed by atoms with Crippen LogP contribution in [-0.2, 0) is 0 Å². The van der Waals surface area contributed by atoms with Crippen molar-refractivity contribution in [3.63, 3.8) is 0 Å². The third-order valence-electron chi connectivity index (χ3n) is 3.52. The average molecular weight is 203 g/mol. The first-order valence-corrected chi connectivity index (χ1v) is 6.00. The highest BCUT2D eigenvalue weighted by molar-refractivity contribution is 6.20. The molecule has 0 radical (unpaired) electrons. The Bertz CT molecular complexity index is 155. The van der Waals surface area contributed by atoms with Gasteiger partial charge in [-0.3, -0.25) is 0 Å². The Morgan fingerprint density at radius 2 is 1.69 bits per heavy atom. The zero-order chi connectivity index (χ0) is 10.1. The van der Waals surface area contributed by atoms with Crippen molar-refractivity contribution < 1.29 is 0 Å².